The number of halogens is 1. The Labute approximate surface area is 193 Å². The summed E-state index contributed by atoms with van der Waals surface area (Å²) in [6.07, 6.45) is 5.95. The van der Waals surface area contributed by atoms with Gasteiger partial charge in [-0.1, -0.05) is 36.8 Å². The molecule has 0 fully saturated rings. The molecule has 0 aliphatic heterocycles. The smallest absolute Gasteiger partial charge is 0.240 e. The van der Waals surface area contributed by atoms with Crippen molar-refractivity contribution < 1.29 is 13.2 Å². The number of hydrogen-bond acceptors (Lipinski definition) is 4. The number of sulfonamides is 1. The van der Waals surface area contributed by atoms with Crippen LogP contribution in [0.4, 0.5) is 0 Å². The number of methoxy groups -OCH3 is 1. The number of rotatable bonds is 10. The Morgan fingerprint density at radius 3 is 2.58 bits per heavy atom. The van der Waals surface area contributed by atoms with Crippen LogP contribution in [0, 0.1) is 6.92 Å². The number of hydrogen-bond donors (Lipinski definition) is 2. The molecule has 2 aromatic carbocycles. The minimum absolute atomic E-state index is 0. The van der Waals surface area contributed by atoms with E-state index >= 15 is 0 Å². The van der Waals surface area contributed by atoms with Crippen LogP contribution in [0.1, 0.15) is 49.3 Å². The van der Waals surface area contributed by atoms with Gasteiger partial charge in [-0.05, 0) is 74.8 Å². The molecule has 0 spiro atoms. The molecule has 0 heterocycles. The monoisotopic (exact) mass is 466 g/mol. The average molecular weight is 467 g/mol. The van der Waals surface area contributed by atoms with Crippen molar-refractivity contribution in [2.75, 3.05) is 13.7 Å². The van der Waals surface area contributed by atoms with Crippen LogP contribution < -0.4 is 14.8 Å². The highest BCUT2D eigenvalue weighted by atomic mass is 35.5. The Balaban J connectivity index is 0.00000341. The highest BCUT2D eigenvalue weighted by Gasteiger charge is 2.23. The third-order valence-electron chi connectivity index (χ3n) is 5.98. The molecule has 0 aromatic heterocycles. The van der Waals surface area contributed by atoms with Gasteiger partial charge in [0.1, 0.15) is 5.75 Å². The van der Waals surface area contributed by atoms with Crippen LogP contribution in [0.5, 0.6) is 5.75 Å². The fourth-order valence-corrected chi connectivity index (χ4v) is 5.26. The van der Waals surface area contributed by atoms with Crippen LogP contribution >= 0.6 is 12.4 Å². The summed E-state index contributed by atoms with van der Waals surface area (Å²) in [7, 11) is -1.70. The SMILES string of the molecule is CCC(CCCNS(=O)(=O)c1ccc(C)cc1)NC1CCc2cccc(OC)c2C1.Cl. The fraction of sp³-hybridized carbons (Fsp3) is 0.500. The summed E-state index contributed by atoms with van der Waals surface area (Å²) in [4.78, 5) is 0.327. The molecule has 2 unspecified atom stereocenters. The van der Waals surface area contributed by atoms with E-state index < -0.39 is 10.0 Å². The normalized spacial score (nSPS) is 16.8. The molecule has 31 heavy (non-hydrogen) atoms. The van der Waals surface area contributed by atoms with Crippen LogP contribution in [0.25, 0.3) is 0 Å². The summed E-state index contributed by atoms with van der Waals surface area (Å²) in [5.74, 6) is 0.984. The van der Waals surface area contributed by atoms with Crippen LogP contribution in [0.15, 0.2) is 47.4 Å². The number of aryl methyl sites for hydroxylation is 2. The van der Waals surface area contributed by atoms with Gasteiger partial charge in [0.05, 0.1) is 12.0 Å². The zero-order valence-electron chi connectivity index (χ0n) is 18.7. The molecule has 0 saturated carbocycles. The zero-order chi connectivity index (χ0) is 21.6. The van der Waals surface area contributed by atoms with Crippen molar-refractivity contribution >= 4 is 22.4 Å². The van der Waals surface area contributed by atoms with E-state index in [1.807, 2.05) is 25.1 Å². The molecule has 2 atom stereocenters. The maximum atomic E-state index is 12.4. The molecular formula is C24H35ClN2O3S. The zero-order valence-corrected chi connectivity index (χ0v) is 20.3. The van der Waals surface area contributed by atoms with Crippen molar-refractivity contribution in [1.82, 2.24) is 10.0 Å². The van der Waals surface area contributed by atoms with E-state index in [1.54, 1.807) is 19.2 Å². The van der Waals surface area contributed by atoms with Gasteiger partial charge in [-0.2, -0.15) is 0 Å². The van der Waals surface area contributed by atoms with Crippen molar-refractivity contribution in [3.63, 3.8) is 0 Å². The molecule has 0 radical (unpaired) electrons. The minimum Gasteiger partial charge on any atom is -0.496 e. The Hall–Kier alpha value is -1.60. The second-order valence-electron chi connectivity index (χ2n) is 8.16. The van der Waals surface area contributed by atoms with E-state index in [0.717, 1.165) is 49.8 Å². The molecule has 1 aliphatic carbocycles. The maximum absolute atomic E-state index is 12.4. The second kappa shape index (κ2) is 11.9. The molecule has 0 bridgehead atoms. The van der Waals surface area contributed by atoms with Gasteiger partial charge in [0.15, 0.2) is 0 Å². The van der Waals surface area contributed by atoms with Crippen molar-refractivity contribution in [2.45, 2.75) is 69.4 Å². The number of ether oxygens (including phenoxy) is 1. The lowest BCUT2D eigenvalue weighted by Crippen LogP contribution is -2.41. The summed E-state index contributed by atoms with van der Waals surface area (Å²) in [5.41, 5.74) is 3.77. The summed E-state index contributed by atoms with van der Waals surface area (Å²) in [6, 6.07) is 14.1. The van der Waals surface area contributed by atoms with Gasteiger partial charge in [0, 0.05) is 18.6 Å². The van der Waals surface area contributed by atoms with Crippen LogP contribution in [0.3, 0.4) is 0 Å². The van der Waals surface area contributed by atoms with Gasteiger partial charge in [0.2, 0.25) is 10.0 Å². The first-order valence-corrected chi connectivity index (χ1v) is 12.4. The quantitative estimate of drug-likeness (QED) is 0.509. The lowest BCUT2D eigenvalue weighted by atomic mass is 9.87. The Bertz CT molecular complexity index is 918. The molecule has 1 aliphatic rings. The number of nitrogens with one attached hydrogen (secondary N) is 2. The highest BCUT2D eigenvalue weighted by molar-refractivity contribution is 7.89. The minimum atomic E-state index is -3.43. The Morgan fingerprint density at radius 2 is 1.90 bits per heavy atom. The van der Waals surface area contributed by atoms with Gasteiger partial charge >= 0.3 is 0 Å². The fourth-order valence-electron chi connectivity index (χ4n) is 4.18. The van der Waals surface area contributed by atoms with Gasteiger partial charge in [0.25, 0.3) is 0 Å². The first-order chi connectivity index (χ1) is 14.4. The van der Waals surface area contributed by atoms with Crippen LogP contribution in [-0.2, 0) is 22.9 Å². The summed E-state index contributed by atoms with van der Waals surface area (Å²) < 4.78 is 33.1. The number of fused-ring (bicyclic) bond motifs is 1. The summed E-state index contributed by atoms with van der Waals surface area (Å²) in [5, 5.41) is 3.80. The third kappa shape index (κ3) is 6.94. The van der Waals surface area contributed by atoms with Crippen molar-refractivity contribution in [2.24, 2.45) is 0 Å². The van der Waals surface area contributed by atoms with E-state index in [2.05, 4.69) is 29.1 Å². The lowest BCUT2D eigenvalue weighted by Gasteiger charge is -2.30. The van der Waals surface area contributed by atoms with Crippen LogP contribution in [0.2, 0.25) is 0 Å². The molecule has 7 heteroatoms. The van der Waals surface area contributed by atoms with Crippen LogP contribution in [-0.4, -0.2) is 34.2 Å². The standard InChI is InChI=1S/C24H34N2O3S.ClH/c1-4-20(8-6-16-25-30(27,28)22-14-10-18(2)11-15-22)26-21-13-12-19-7-5-9-24(29-3)23(19)17-21;/h5,7,9-11,14-15,20-21,25-26H,4,6,8,12-13,16-17H2,1-3H3;1H. The average Bonchev–Trinajstić information content (AvgIpc) is 2.75. The van der Waals surface area contributed by atoms with E-state index in [0.29, 0.717) is 23.5 Å². The van der Waals surface area contributed by atoms with Crippen molar-refractivity contribution in [3.8, 4) is 5.75 Å². The van der Waals surface area contributed by atoms with Crippen molar-refractivity contribution in [3.05, 3.63) is 59.2 Å². The summed E-state index contributed by atoms with van der Waals surface area (Å²) in [6.45, 7) is 4.59. The molecule has 172 valence electrons. The highest BCUT2D eigenvalue weighted by Crippen LogP contribution is 2.30. The van der Waals surface area contributed by atoms with Gasteiger partial charge < -0.3 is 10.1 Å². The van der Waals surface area contributed by atoms with E-state index in [9.17, 15) is 8.42 Å². The van der Waals surface area contributed by atoms with E-state index in [-0.39, 0.29) is 12.4 Å². The van der Waals surface area contributed by atoms with E-state index in [1.165, 1.54) is 11.1 Å². The largest absolute Gasteiger partial charge is 0.496 e. The molecule has 2 N–H and O–H groups in total. The molecule has 3 rings (SSSR count). The van der Waals surface area contributed by atoms with Crippen molar-refractivity contribution in [1.29, 1.82) is 0 Å². The van der Waals surface area contributed by atoms with E-state index in [4.69, 9.17) is 4.74 Å². The first-order valence-electron chi connectivity index (χ1n) is 10.9. The Kier molecular flexibility index (Phi) is 9.82. The van der Waals surface area contributed by atoms with Gasteiger partial charge in [-0.25, -0.2) is 13.1 Å². The topological polar surface area (TPSA) is 67.4 Å². The molecule has 0 amide bonds. The predicted molar refractivity (Wildman–Crippen MR) is 129 cm³/mol. The molecule has 2 aromatic rings. The maximum Gasteiger partial charge on any atom is 0.240 e. The molecular weight excluding hydrogens is 432 g/mol. The Morgan fingerprint density at radius 1 is 1.16 bits per heavy atom. The summed E-state index contributed by atoms with van der Waals surface area (Å²) >= 11 is 0. The lowest BCUT2D eigenvalue weighted by molar-refractivity contribution is 0.355. The molecule has 0 saturated heterocycles. The molecule has 5 nitrogen and oxygen atoms in total. The second-order valence-corrected chi connectivity index (χ2v) is 9.93. The third-order valence-corrected chi connectivity index (χ3v) is 7.46. The first kappa shape index (κ1) is 25.7. The predicted octanol–water partition coefficient (Wildman–Crippen LogP) is 4.41. The number of benzene rings is 2. The van der Waals surface area contributed by atoms with Gasteiger partial charge in [-0.3, -0.25) is 0 Å². The van der Waals surface area contributed by atoms with Gasteiger partial charge in [-0.15, -0.1) is 12.4 Å².